The Labute approximate surface area is 116 Å². The molecule has 0 N–H and O–H groups in total. The maximum Gasteiger partial charge on any atom is 0.124 e. The number of hydrogen-bond acceptors (Lipinski definition) is 3. The van der Waals surface area contributed by atoms with E-state index in [4.69, 9.17) is 0 Å². The van der Waals surface area contributed by atoms with Crippen molar-refractivity contribution in [3.05, 3.63) is 54.6 Å². The first-order valence-corrected chi connectivity index (χ1v) is 7.59. The molecule has 20 heavy (non-hydrogen) atoms. The molecule has 98 valence electrons. The van der Waals surface area contributed by atoms with Crippen LogP contribution < -0.4 is 0 Å². The Kier molecular flexibility index (Phi) is 2.14. The molecule has 0 atom stereocenters. The lowest BCUT2D eigenvalue weighted by atomic mass is 10.0. The minimum atomic E-state index is -4.43. The Morgan fingerprint density at radius 1 is 0.750 bits per heavy atom. The molecule has 0 radical (unpaired) electrons. The van der Waals surface area contributed by atoms with Crippen LogP contribution in [0.25, 0.3) is 33.0 Å². The lowest BCUT2D eigenvalue weighted by molar-refractivity contribution is 0.463. The molecule has 1 aliphatic rings. The van der Waals surface area contributed by atoms with Crippen molar-refractivity contribution in [3.63, 3.8) is 0 Å². The van der Waals surface area contributed by atoms with Crippen molar-refractivity contribution in [3.8, 4) is 22.3 Å². The van der Waals surface area contributed by atoms with Crippen molar-refractivity contribution in [2.24, 2.45) is 0 Å². The van der Waals surface area contributed by atoms with Crippen molar-refractivity contribution in [2.45, 2.75) is 4.90 Å². The van der Waals surface area contributed by atoms with E-state index in [1.807, 2.05) is 36.4 Å². The van der Waals surface area contributed by atoms with Gasteiger partial charge in [0.2, 0.25) is 0 Å². The average molecular weight is 281 g/mol. The minimum Gasteiger partial charge on any atom is -0.744 e. The van der Waals surface area contributed by atoms with Crippen LogP contribution in [0.4, 0.5) is 0 Å². The molecule has 4 rings (SSSR count). The van der Waals surface area contributed by atoms with Gasteiger partial charge in [-0.05, 0) is 45.2 Å². The highest BCUT2D eigenvalue weighted by atomic mass is 32.2. The molecule has 0 saturated carbocycles. The Morgan fingerprint density at radius 2 is 1.40 bits per heavy atom. The fraction of sp³-hybridized carbons (Fsp3) is 0. The maximum atomic E-state index is 11.2. The summed E-state index contributed by atoms with van der Waals surface area (Å²) in [7, 11) is -4.43. The van der Waals surface area contributed by atoms with Crippen molar-refractivity contribution in [1.82, 2.24) is 0 Å². The summed E-state index contributed by atoms with van der Waals surface area (Å²) in [5, 5.41) is 2.23. The molecule has 1 aliphatic carbocycles. The SMILES string of the molecule is O=S(=O)([O-])c1ccc2c(c1)-c1cccc3cccc-2c13. The van der Waals surface area contributed by atoms with E-state index in [1.165, 1.54) is 12.1 Å². The molecule has 0 aromatic heterocycles. The van der Waals surface area contributed by atoms with Crippen molar-refractivity contribution >= 4 is 20.9 Å². The summed E-state index contributed by atoms with van der Waals surface area (Å²) in [6.07, 6.45) is 0. The number of rotatable bonds is 1. The zero-order chi connectivity index (χ0) is 13.9. The van der Waals surface area contributed by atoms with Gasteiger partial charge in [0.1, 0.15) is 10.1 Å². The average Bonchev–Trinajstić information content (AvgIpc) is 2.75. The molecular weight excluding hydrogens is 272 g/mol. The predicted octanol–water partition coefficient (Wildman–Crippen LogP) is 3.39. The molecule has 0 amide bonds. The molecule has 3 nitrogen and oxygen atoms in total. The quantitative estimate of drug-likeness (QED) is 0.502. The lowest BCUT2D eigenvalue weighted by Gasteiger charge is -2.09. The zero-order valence-electron chi connectivity index (χ0n) is 10.3. The van der Waals surface area contributed by atoms with Crippen LogP contribution in [-0.4, -0.2) is 13.0 Å². The normalized spacial score (nSPS) is 12.7. The molecule has 3 aromatic rings. The molecule has 4 heteroatoms. The van der Waals surface area contributed by atoms with Gasteiger partial charge in [-0.25, -0.2) is 8.42 Å². The highest BCUT2D eigenvalue weighted by Crippen LogP contribution is 2.47. The van der Waals surface area contributed by atoms with Gasteiger partial charge in [-0.2, -0.15) is 0 Å². The Bertz CT molecular complexity index is 967. The van der Waals surface area contributed by atoms with Crippen LogP contribution in [0.5, 0.6) is 0 Å². The van der Waals surface area contributed by atoms with Gasteiger partial charge in [0, 0.05) is 0 Å². The largest absolute Gasteiger partial charge is 0.744 e. The van der Waals surface area contributed by atoms with E-state index in [-0.39, 0.29) is 4.90 Å². The van der Waals surface area contributed by atoms with Gasteiger partial charge in [0.15, 0.2) is 0 Å². The Hall–Kier alpha value is -2.17. The monoisotopic (exact) mass is 281 g/mol. The standard InChI is InChI=1S/C16H10O3S/c17-20(18,19)11-7-8-12-13-5-1-3-10-4-2-6-14(16(10)13)15(12)9-11/h1-9H,(H,17,18,19)/p-1. The summed E-state index contributed by atoms with van der Waals surface area (Å²) in [4.78, 5) is -0.180. The lowest BCUT2D eigenvalue weighted by Crippen LogP contribution is -1.98. The molecule has 0 bridgehead atoms. The number of benzene rings is 3. The van der Waals surface area contributed by atoms with E-state index in [2.05, 4.69) is 0 Å². The summed E-state index contributed by atoms with van der Waals surface area (Å²) in [6, 6.07) is 16.5. The highest BCUT2D eigenvalue weighted by Gasteiger charge is 2.21. The van der Waals surface area contributed by atoms with E-state index in [0.717, 1.165) is 33.0 Å². The maximum absolute atomic E-state index is 11.2. The fourth-order valence-corrected chi connectivity index (χ4v) is 3.42. The van der Waals surface area contributed by atoms with E-state index in [0.29, 0.717) is 0 Å². The van der Waals surface area contributed by atoms with Gasteiger partial charge < -0.3 is 4.55 Å². The Morgan fingerprint density at radius 3 is 2.05 bits per heavy atom. The third-order valence-corrected chi connectivity index (χ3v) is 4.60. The molecule has 0 aliphatic heterocycles. The van der Waals surface area contributed by atoms with Crippen molar-refractivity contribution in [1.29, 1.82) is 0 Å². The zero-order valence-corrected chi connectivity index (χ0v) is 11.1. The topological polar surface area (TPSA) is 57.2 Å². The van der Waals surface area contributed by atoms with Gasteiger partial charge in [-0.3, -0.25) is 0 Å². The summed E-state index contributed by atoms with van der Waals surface area (Å²) >= 11 is 0. The number of fused-ring (bicyclic) bond motifs is 3. The van der Waals surface area contributed by atoms with Crippen LogP contribution in [0.15, 0.2) is 59.5 Å². The number of hydrogen-bond donors (Lipinski definition) is 0. The van der Waals surface area contributed by atoms with Gasteiger partial charge in [-0.15, -0.1) is 0 Å². The van der Waals surface area contributed by atoms with Crippen LogP contribution in [0.1, 0.15) is 0 Å². The van der Waals surface area contributed by atoms with Crippen molar-refractivity contribution in [2.75, 3.05) is 0 Å². The molecule has 0 saturated heterocycles. The second-order valence-electron chi connectivity index (χ2n) is 4.87. The van der Waals surface area contributed by atoms with E-state index >= 15 is 0 Å². The molecule has 3 aromatic carbocycles. The van der Waals surface area contributed by atoms with Crippen LogP contribution >= 0.6 is 0 Å². The molecule has 0 spiro atoms. The van der Waals surface area contributed by atoms with Crippen LogP contribution in [-0.2, 0) is 10.1 Å². The van der Waals surface area contributed by atoms with Gasteiger partial charge >= 0.3 is 0 Å². The minimum absolute atomic E-state index is 0.180. The van der Waals surface area contributed by atoms with Gasteiger partial charge in [0.25, 0.3) is 0 Å². The Balaban J connectivity index is 2.14. The van der Waals surface area contributed by atoms with Gasteiger partial charge in [0.05, 0.1) is 4.90 Å². The van der Waals surface area contributed by atoms with Crippen LogP contribution in [0.3, 0.4) is 0 Å². The first-order chi connectivity index (χ1) is 9.55. The second-order valence-corrected chi connectivity index (χ2v) is 6.25. The fourth-order valence-electron chi connectivity index (χ4n) is 2.93. The molecule has 0 fully saturated rings. The molecular formula is C16H9O3S-. The molecule has 0 heterocycles. The summed E-state index contributed by atoms with van der Waals surface area (Å²) in [5.41, 5.74) is 3.86. The predicted molar refractivity (Wildman–Crippen MR) is 76.3 cm³/mol. The summed E-state index contributed by atoms with van der Waals surface area (Å²) in [5.74, 6) is 0. The highest BCUT2D eigenvalue weighted by molar-refractivity contribution is 7.85. The second kappa shape index (κ2) is 3.69. The van der Waals surface area contributed by atoms with Gasteiger partial charge in [-0.1, -0.05) is 42.5 Å². The third kappa shape index (κ3) is 1.46. The van der Waals surface area contributed by atoms with E-state index in [1.54, 1.807) is 6.07 Å². The van der Waals surface area contributed by atoms with Crippen molar-refractivity contribution < 1.29 is 13.0 Å². The summed E-state index contributed by atoms with van der Waals surface area (Å²) in [6.45, 7) is 0. The summed E-state index contributed by atoms with van der Waals surface area (Å²) < 4.78 is 33.6. The third-order valence-electron chi connectivity index (χ3n) is 3.76. The first kappa shape index (κ1) is 11.6. The van der Waals surface area contributed by atoms with E-state index in [9.17, 15) is 13.0 Å². The van der Waals surface area contributed by atoms with Crippen LogP contribution in [0.2, 0.25) is 0 Å². The molecule has 0 unspecified atom stereocenters. The van der Waals surface area contributed by atoms with Crippen LogP contribution in [0, 0.1) is 0 Å². The smallest absolute Gasteiger partial charge is 0.124 e. The van der Waals surface area contributed by atoms with E-state index < -0.39 is 10.1 Å². The first-order valence-electron chi connectivity index (χ1n) is 6.18.